The van der Waals surface area contributed by atoms with Gasteiger partial charge < -0.3 is 14.8 Å². The van der Waals surface area contributed by atoms with Gasteiger partial charge in [-0.1, -0.05) is 6.92 Å². The molecule has 2 aromatic heterocycles. The van der Waals surface area contributed by atoms with E-state index >= 15 is 0 Å². The Kier molecular flexibility index (Phi) is 3.96. The molecule has 0 amide bonds. The maximum Gasteiger partial charge on any atom is 0.229 e. The zero-order valence-corrected chi connectivity index (χ0v) is 11.6. The van der Waals surface area contributed by atoms with Gasteiger partial charge >= 0.3 is 0 Å². The van der Waals surface area contributed by atoms with Crippen LogP contribution in [0.2, 0.25) is 0 Å². The maximum absolute atomic E-state index is 5.81. The van der Waals surface area contributed by atoms with Crippen molar-refractivity contribution in [3.8, 4) is 5.88 Å². The molecule has 1 aliphatic rings. The number of H-pyrrole nitrogens is 1. The molecule has 3 heterocycles. The monoisotopic (exact) mass is 277 g/mol. The van der Waals surface area contributed by atoms with E-state index in [1.165, 1.54) is 0 Å². The summed E-state index contributed by atoms with van der Waals surface area (Å²) in [6, 6.07) is 0. The number of ether oxygens (including phenoxy) is 2. The van der Waals surface area contributed by atoms with Crippen LogP contribution in [0.3, 0.4) is 0 Å². The fourth-order valence-electron chi connectivity index (χ4n) is 2.18. The van der Waals surface area contributed by atoms with Crippen LogP contribution in [0.15, 0.2) is 6.20 Å². The molecule has 0 aliphatic carbocycles. The third-order valence-electron chi connectivity index (χ3n) is 3.24. The van der Waals surface area contributed by atoms with E-state index in [2.05, 4.69) is 32.4 Å². The molecule has 2 N–H and O–H groups in total. The molecule has 1 fully saturated rings. The number of hydrogen-bond donors (Lipinski definition) is 2. The van der Waals surface area contributed by atoms with Crippen molar-refractivity contribution in [3.05, 3.63) is 6.20 Å². The third-order valence-corrected chi connectivity index (χ3v) is 3.24. The van der Waals surface area contributed by atoms with Gasteiger partial charge in [-0.05, 0) is 19.3 Å². The quantitative estimate of drug-likeness (QED) is 0.836. The zero-order chi connectivity index (χ0) is 13.8. The minimum Gasteiger partial charge on any atom is -0.474 e. The molecule has 1 atom stereocenters. The van der Waals surface area contributed by atoms with Gasteiger partial charge in [0.15, 0.2) is 5.65 Å². The average Bonchev–Trinajstić information content (AvgIpc) is 3.13. The van der Waals surface area contributed by atoms with Crippen molar-refractivity contribution < 1.29 is 9.47 Å². The maximum atomic E-state index is 5.81. The van der Waals surface area contributed by atoms with E-state index in [0.717, 1.165) is 37.8 Å². The minimum absolute atomic E-state index is 0.166. The number of aromatic amines is 1. The molecule has 3 rings (SSSR count). The number of rotatable bonds is 6. The molecule has 7 nitrogen and oxygen atoms in total. The van der Waals surface area contributed by atoms with Crippen LogP contribution in [-0.4, -0.2) is 46.0 Å². The molecule has 0 bridgehead atoms. The highest BCUT2D eigenvalue weighted by Gasteiger charge is 2.18. The Morgan fingerprint density at radius 1 is 1.50 bits per heavy atom. The summed E-state index contributed by atoms with van der Waals surface area (Å²) in [7, 11) is 0. The number of nitrogens with zero attached hydrogens (tertiary/aromatic N) is 3. The fourth-order valence-corrected chi connectivity index (χ4v) is 2.18. The third kappa shape index (κ3) is 2.82. The lowest BCUT2D eigenvalue weighted by Crippen LogP contribution is -2.17. The molecule has 1 aliphatic heterocycles. The summed E-state index contributed by atoms with van der Waals surface area (Å²) in [5.41, 5.74) is 0.681. The van der Waals surface area contributed by atoms with Crippen LogP contribution in [0, 0.1) is 0 Å². The lowest BCUT2D eigenvalue weighted by Gasteiger charge is -2.12. The summed E-state index contributed by atoms with van der Waals surface area (Å²) < 4.78 is 11.4. The molecule has 0 aromatic carbocycles. The lowest BCUT2D eigenvalue weighted by molar-refractivity contribution is 0.0669. The van der Waals surface area contributed by atoms with Gasteiger partial charge in [0, 0.05) is 13.2 Å². The van der Waals surface area contributed by atoms with Gasteiger partial charge in [-0.25, -0.2) is 0 Å². The molecule has 0 radical (unpaired) electrons. The van der Waals surface area contributed by atoms with Crippen molar-refractivity contribution in [2.24, 2.45) is 0 Å². The molecule has 7 heteroatoms. The van der Waals surface area contributed by atoms with Crippen LogP contribution < -0.4 is 10.1 Å². The first kappa shape index (κ1) is 13.1. The van der Waals surface area contributed by atoms with E-state index in [4.69, 9.17) is 9.47 Å². The van der Waals surface area contributed by atoms with Crippen LogP contribution >= 0.6 is 0 Å². The van der Waals surface area contributed by atoms with E-state index in [1.807, 2.05) is 0 Å². The molecular formula is C13H19N5O2. The van der Waals surface area contributed by atoms with Crippen molar-refractivity contribution in [2.75, 3.05) is 25.1 Å². The predicted molar refractivity (Wildman–Crippen MR) is 74.9 cm³/mol. The van der Waals surface area contributed by atoms with E-state index < -0.39 is 0 Å². The summed E-state index contributed by atoms with van der Waals surface area (Å²) in [5, 5.41) is 10.8. The SMILES string of the molecule is CCCNc1nc(OCC2CCCO2)c2cn[nH]c2n1. The van der Waals surface area contributed by atoms with Crippen LogP contribution in [0.5, 0.6) is 5.88 Å². The molecule has 2 aromatic rings. The molecule has 0 spiro atoms. The number of anilines is 1. The lowest BCUT2D eigenvalue weighted by atomic mass is 10.2. The smallest absolute Gasteiger partial charge is 0.229 e. The molecule has 1 unspecified atom stereocenters. The van der Waals surface area contributed by atoms with Gasteiger partial charge in [0.1, 0.15) is 12.0 Å². The van der Waals surface area contributed by atoms with E-state index in [0.29, 0.717) is 24.1 Å². The van der Waals surface area contributed by atoms with Crippen molar-refractivity contribution >= 4 is 17.0 Å². The van der Waals surface area contributed by atoms with Crippen LogP contribution in [0.1, 0.15) is 26.2 Å². The topological polar surface area (TPSA) is 85.0 Å². The highest BCUT2D eigenvalue weighted by molar-refractivity contribution is 5.80. The Morgan fingerprint density at radius 2 is 2.45 bits per heavy atom. The minimum atomic E-state index is 0.166. The summed E-state index contributed by atoms with van der Waals surface area (Å²) in [4.78, 5) is 8.77. The highest BCUT2D eigenvalue weighted by atomic mass is 16.5. The van der Waals surface area contributed by atoms with Crippen LogP contribution in [0.25, 0.3) is 11.0 Å². The first-order chi connectivity index (χ1) is 9.86. The van der Waals surface area contributed by atoms with Gasteiger partial charge in [-0.2, -0.15) is 15.1 Å². The number of hydrogen-bond acceptors (Lipinski definition) is 6. The Labute approximate surface area is 117 Å². The molecule has 108 valence electrons. The van der Waals surface area contributed by atoms with Crippen molar-refractivity contribution in [1.82, 2.24) is 20.2 Å². The van der Waals surface area contributed by atoms with E-state index in [1.54, 1.807) is 6.20 Å². The van der Waals surface area contributed by atoms with Gasteiger partial charge in [-0.15, -0.1) is 0 Å². The number of aromatic nitrogens is 4. The van der Waals surface area contributed by atoms with Crippen LogP contribution in [-0.2, 0) is 4.74 Å². The Bertz CT molecular complexity index is 565. The van der Waals surface area contributed by atoms with Gasteiger partial charge in [0.05, 0.1) is 12.3 Å². The number of fused-ring (bicyclic) bond motifs is 1. The Balaban J connectivity index is 1.77. The van der Waals surface area contributed by atoms with Gasteiger partial charge in [0.2, 0.25) is 11.8 Å². The van der Waals surface area contributed by atoms with Gasteiger partial charge in [0.25, 0.3) is 0 Å². The standard InChI is InChI=1S/C13H19N5O2/c1-2-5-14-13-16-11-10(7-15-18-11)12(17-13)20-8-9-4-3-6-19-9/h7,9H,2-6,8H2,1H3,(H2,14,15,16,17,18). The molecule has 0 saturated carbocycles. The number of nitrogens with one attached hydrogen (secondary N) is 2. The molecule has 1 saturated heterocycles. The highest BCUT2D eigenvalue weighted by Crippen LogP contribution is 2.23. The van der Waals surface area contributed by atoms with Crippen LogP contribution in [0.4, 0.5) is 5.95 Å². The largest absolute Gasteiger partial charge is 0.474 e. The molecular weight excluding hydrogens is 258 g/mol. The predicted octanol–water partition coefficient (Wildman–Crippen LogP) is 1.73. The van der Waals surface area contributed by atoms with Crippen molar-refractivity contribution in [3.63, 3.8) is 0 Å². The second-order valence-corrected chi connectivity index (χ2v) is 4.86. The average molecular weight is 277 g/mol. The second-order valence-electron chi connectivity index (χ2n) is 4.86. The zero-order valence-electron chi connectivity index (χ0n) is 11.6. The first-order valence-corrected chi connectivity index (χ1v) is 7.06. The van der Waals surface area contributed by atoms with E-state index in [9.17, 15) is 0 Å². The summed E-state index contributed by atoms with van der Waals surface area (Å²) in [6.07, 6.45) is 5.00. The Hall–Kier alpha value is -1.89. The summed E-state index contributed by atoms with van der Waals surface area (Å²) in [6.45, 7) is 4.26. The van der Waals surface area contributed by atoms with E-state index in [-0.39, 0.29) is 6.10 Å². The first-order valence-electron chi connectivity index (χ1n) is 7.06. The summed E-state index contributed by atoms with van der Waals surface area (Å²) >= 11 is 0. The van der Waals surface area contributed by atoms with Crippen molar-refractivity contribution in [2.45, 2.75) is 32.3 Å². The van der Waals surface area contributed by atoms with Crippen molar-refractivity contribution in [1.29, 1.82) is 0 Å². The fraction of sp³-hybridized carbons (Fsp3) is 0.615. The summed E-state index contributed by atoms with van der Waals surface area (Å²) in [5.74, 6) is 1.11. The normalized spacial score (nSPS) is 18.6. The molecule has 20 heavy (non-hydrogen) atoms. The van der Waals surface area contributed by atoms with Gasteiger partial charge in [-0.3, -0.25) is 5.10 Å². The second kappa shape index (κ2) is 6.04. The Morgan fingerprint density at radius 3 is 3.25 bits per heavy atom.